The van der Waals surface area contributed by atoms with Crippen LogP contribution in [0.2, 0.25) is 0 Å². The van der Waals surface area contributed by atoms with Crippen molar-refractivity contribution in [1.82, 2.24) is 0 Å². The second-order valence-electron chi connectivity index (χ2n) is 6.46. The highest BCUT2D eigenvalue weighted by molar-refractivity contribution is 5.94. The molecule has 134 valence electrons. The minimum absolute atomic E-state index is 0.121. The molecular formula is C21H27NO3. The Morgan fingerprint density at radius 2 is 1.72 bits per heavy atom. The second-order valence-corrected chi connectivity index (χ2v) is 6.46. The second kappa shape index (κ2) is 8.56. The van der Waals surface area contributed by atoms with Gasteiger partial charge in [-0.1, -0.05) is 24.6 Å². The lowest BCUT2D eigenvalue weighted by atomic mass is 10.1. The van der Waals surface area contributed by atoms with Crippen LogP contribution in [0.4, 0.5) is 5.69 Å². The number of hydrogen-bond acceptors (Lipinski definition) is 3. The lowest BCUT2D eigenvalue weighted by Gasteiger charge is -2.19. The number of aryl methyl sites for hydroxylation is 2. The van der Waals surface area contributed by atoms with Gasteiger partial charge in [0.05, 0.1) is 6.10 Å². The first kappa shape index (κ1) is 18.8. The maximum Gasteiger partial charge on any atom is 0.265 e. The summed E-state index contributed by atoms with van der Waals surface area (Å²) < 4.78 is 11.5. The first-order chi connectivity index (χ1) is 11.9. The van der Waals surface area contributed by atoms with Crippen molar-refractivity contribution < 1.29 is 14.3 Å². The van der Waals surface area contributed by atoms with E-state index in [9.17, 15) is 4.79 Å². The molecule has 0 aliphatic heterocycles. The zero-order valence-electron chi connectivity index (χ0n) is 15.6. The number of hydrogen-bond donors (Lipinski definition) is 1. The molecule has 0 aromatic heterocycles. The topological polar surface area (TPSA) is 47.6 Å². The lowest BCUT2D eigenvalue weighted by molar-refractivity contribution is -0.122. The molecule has 0 saturated carbocycles. The molecule has 0 spiro atoms. The number of rotatable bonds is 7. The van der Waals surface area contributed by atoms with E-state index in [4.69, 9.17) is 9.47 Å². The molecule has 1 atom stereocenters. The van der Waals surface area contributed by atoms with Gasteiger partial charge in [-0.2, -0.15) is 0 Å². The third kappa shape index (κ3) is 5.52. The van der Waals surface area contributed by atoms with Gasteiger partial charge in [-0.05, 0) is 70.0 Å². The lowest BCUT2D eigenvalue weighted by Crippen LogP contribution is -2.32. The van der Waals surface area contributed by atoms with Crippen LogP contribution in [0.3, 0.4) is 0 Å². The summed E-state index contributed by atoms with van der Waals surface area (Å²) >= 11 is 0. The van der Waals surface area contributed by atoms with Crippen LogP contribution in [0.1, 0.15) is 38.3 Å². The molecule has 1 amide bonds. The third-order valence-corrected chi connectivity index (χ3v) is 3.76. The Hall–Kier alpha value is -2.49. The van der Waals surface area contributed by atoms with E-state index in [0.29, 0.717) is 6.42 Å². The minimum atomic E-state index is -0.534. The van der Waals surface area contributed by atoms with Crippen molar-refractivity contribution in [2.24, 2.45) is 0 Å². The predicted molar refractivity (Wildman–Crippen MR) is 101 cm³/mol. The summed E-state index contributed by atoms with van der Waals surface area (Å²) in [5, 5.41) is 2.91. The number of carbonyl (C=O) groups excluding carboxylic acids is 1. The number of nitrogens with one attached hydrogen (secondary N) is 1. The van der Waals surface area contributed by atoms with Crippen molar-refractivity contribution in [3.8, 4) is 11.5 Å². The van der Waals surface area contributed by atoms with Crippen molar-refractivity contribution in [3.05, 3.63) is 53.6 Å². The van der Waals surface area contributed by atoms with E-state index in [0.717, 1.165) is 22.7 Å². The van der Waals surface area contributed by atoms with Crippen molar-refractivity contribution in [2.75, 3.05) is 5.32 Å². The summed E-state index contributed by atoms with van der Waals surface area (Å²) in [5.41, 5.74) is 2.93. The molecule has 0 aliphatic carbocycles. The first-order valence-corrected chi connectivity index (χ1v) is 8.70. The van der Waals surface area contributed by atoms with Gasteiger partial charge in [-0.25, -0.2) is 0 Å². The van der Waals surface area contributed by atoms with E-state index < -0.39 is 6.10 Å². The van der Waals surface area contributed by atoms with E-state index in [1.807, 2.05) is 77.1 Å². The van der Waals surface area contributed by atoms with Gasteiger partial charge in [0.2, 0.25) is 0 Å². The number of benzene rings is 2. The average Bonchev–Trinajstić information content (AvgIpc) is 2.55. The van der Waals surface area contributed by atoms with Crippen molar-refractivity contribution >= 4 is 11.6 Å². The minimum Gasteiger partial charge on any atom is -0.491 e. The molecule has 4 nitrogen and oxygen atoms in total. The molecule has 4 heteroatoms. The molecule has 2 aromatic carbocycles. The van der Waals surface area contributed by atoms with Gasteiger partial charge in [0.1, 0.15) is 11.5 Å². The monoisotopic (exact) mass is 341 g/mol. The maximum atomic E-state index is 12.5. The Bertz CT molecular complexity index is 708. The van der Waals surface area contributed by atoms with E-state index in [-0.39, 0.29) is 12.0 Å². The zero-order chi connectivity index (χ0) is 18.4. The van der Waals surface area contributed by atoms with E-state index in [2.05, 4.69) is 5.32 Å². The fourth-order valence-corrected chi connectivity index (χ4v) is 2.52. The van der Waals surface area contributed by atoms with Crippen LogP contribution >= 0.6 is 0 Å². The molecule has 2 aromatic rings. The number of ether oxygens (including phenoxy) is 2. The summed E-state index contributed by atoms with van der Waals surface area (Å²) in [6, 6.07) is 13.3. The summed E-state index contributed by atoms with van der Waals surface area (Å²) in [6.07, 6.45) is 0.178. The quantitative estimate of drug-likeness (QED) is 0.780. The van der Waals surface area contributed by atoms with Crippen LogP contribution in [-0.4, -0.2) is 18.1 Å². The summed E-state index contributed by atoms with van der Waals surface area (Å²) in [5.74, 6) is 1.37. The normalized spacial score (nSPS) is 11.9. The maximum absolute atomic E-state index is 12.5. The molecule has 0 aliphatic rings. The molecule has 1 unspecified atom stereocenters. The predicted octanol–water partition coefficient (Wildman–Crippen LogP) is 4.89. The fraction of sp³-hybridized carbons (Fsp3) is 0.381. The number of amides is 1. The first-order valence-electron chi connectivity index (χ1n) is 8.70. The van der Waals surface area contributed by atoms with E-state index in [1.165, 1.54) is 5.56 Å². The van der Waals surface area contributed by atoms with Gasteiger partial charge in [0.15, 0.2) is 6.10 Å². The highest BCUT2D eigenvalue weighted by Crippen LogP contribution is 2.22. The van der Waals surface area contributed by atoms with Crippen LogP contribution in [0.25, 0.3) is 0 Å². The summed E-state index contributed by atoms with van der Waals surface area (Å²) in [7, 11) is 0. The Kier molecular flexibility index (Phi) is 6.45. The number of carbonyl (C=O) groups is 1. The SMILES string of the molecule is CCC(Oc1ccc(C)cc1C)C(=O)Nc1ccc(OC(C)C)cc1. The van der Waals surface area contributed by atoms with Crippen LogP contribution in [-0.2, 0) is 4.79 Å². The highest BCUT2D eigenvalue weighted by Gasteiger charge is 2.19. The van der Waals surface area contributed by atoms with Crippen LogP contribution in [0.5, 0.6) is 11.5 Å². The van der Waals surface area contributed by atoms with Gasteiger partial charge in [-0.3, -0.25) is 4.79 Å². The highest BCUT2D eigenvalue weighted by atomic mass is 16.5. The fourth-order valence-electron chi connectivity index (χ4n) is 2.52. The smallest absolute Gasteiger partial charge is 0.265 e. The molecule has 0 saturated heterocycles. The van der Waals surface area contributed by atoms with E-state index in [1.54, 1.807) is 0 Å². The van der Waals surface area contributed by atoms with Gasteiger partial charge in [0.25, 0.3) is 5.91 Å². The van der Waals surface area contributed by atoms with Crippen LogP contribution < -0.4 is 14.8 Å². The molecule has 2 rings (SSSR count). The van der Waals surface area contributed by atoms with Gasteiger partial charge in [-0.15, -0.1) is 0 Å². The van der Waals surface area contributed by atoms with Gasteiger partial charge >= 0.3 is 0 Å². The molecular weight excluding hydrogens is 314 g/mol. The van der Waals surface area contributed by atoms with Crippen molar-refractivity contribution in [2.45, 2.75) is 53.2 Å². The Labute approximate surface area is 150 Å². The molecule has 0 heterocycles. The molecule has 25 heavy (non-hydrogen) atoms. The van der Waals surface area contributed by atoms with Crippen molar-refractivity contribution in [3.63, 3.8) is 0 Å². The Balaban J connectivity index is 2.01. The van der Waals surface area contributed by atoms with Crippen molar-refractivity contribution in [1.29, 1.82) is 0 Å². The number of anilines is 1. The molecule has 0 fully saturated rings. The third-order valence-electron chi connectivity index (χ3n) is 3.76. The van der Waals surface area contributed by atoms with Crippen LogP contribution in [0.15, 0.2) is 42.5 Å². The molecule has 1 N–H and O–H groups in total. The molecule has 0 radical (unpaired) electrons. The zero-order valence-corrected chi connectivity index (χ0v) is 15.6. The Morgan fingerprint density at radius 3 is 2.28 bits per heavy atom. The van der Waals surface area contributed by atoms with Gasteiger partial charge < -0.3 is 14.8 Å². The van der Waals surface area contributed by atoms with Crippen LogP contribution in [0, 0.1) is 13.8 Å². The standard InChI is InChI=1S/C21H27NO3/c1-6-19(25-20-12-7-15(4)13-16(20)5)21(23)22-17-8-10-18(11-9-17)24-14(2)3/h7-14,19H,6H2,1-5H3,(H,22,23). The molecule has 0 bridgehead atoms. The Morgan fingerprint density at radius 1 is 1.04 bits per heavy atom. The summed E-state index contributed by atoms with van der Waals surface area (Å²) in [6.45, 7) is 9.92. The summed E-state index contributed by atoms with van der Waals surface area (Å²) in [4.78, 5) is 12.5. The van der Waals surface area contributed by atoms with E-state index >= 15 is 0 Å². The van der Waals surface area contributed by atoms with Gasteiger partial charge in [0, 0.05) is 5.69 Å². The largest absolute Gasteiger partial charge is 0.491 e. The average molecular weight is 341 g/mol.